The van der Waals surface area contributed by atoms with Crippen molar-refractivity contribution in [1.82, 2.24) is 0 Å². The Kier molecular flexibility index (Phi) is 14.8. The highest BCUT2D eigenvalue weighted by Gasteiger charge is 2.39. The Morgan fingerprint density at radius 1 is 0.261 bits per heavy atom. The maximum atomic E-state index is 6.17. The first-order chi connectivity index (χ1) is 40.6. The zero-order chi connectivity index (χ0) is 64.0. The summed E-state index contributed by atoms with van der Waals surface area (Å²) in [7, 11) is 0. The van der Waals surface area contributed by atoms with Gasteiger partial charge in [-0.2, -0.15) is 0 Å². The average molecular weight is 1170 g/mol. The van der Waals surface area contributed by atoms with Gasteiger partial charge >= 0.3 is 0 Å². The Balaban J connectivity index is 1.36. The maximum Gasteiger partial charge on any atom is 0.0995 e. The van der Waals surface area contributed by atoms with Crippen LogP contribution in [0.3, 0.4) is 0 Å². The molecule has 0 unspecified atom stereocenters. The molecule has 5 aromatic rings. The molecule has 11 rings (SSSR count). The van der Waals surface area contributed by atoms with Crippen LogP contribution in [-0.4, -0.2) is 22.8 Å². The molecule has 0 saturated carbocycles. The van der Waals surface area contributed by atoms with Crippen LogP contribution in [-0.2, 0) is 43.3 Å². The Hall–Kier alpha value is -7.70. The first-order valence-corrected chi connectivity index (χ1v) is 32.0. The first kappa shape index (κ1) is 61.9. The molecule has 5 aromatic carbocycles. The van der Waals surface area contributed by atoms with Gasteiger partial charge in [0.2, 0.25) is 0 Å². The average Bonchev–Trinajstić information content (AvgIpc) is 1.72. The minimum atomic E-state index is -0.170. The Labute approximate surface area is 528 Å². The highest BCUT2D eigenvalue weighted by molar-refractivity contribution is 6.41. The predicted octanol–water partition coefficient (Wildman–Crippen LogP) is 21.3. The van der Waals surface area contributed by atoms with Crippen LogP contribution in [0.25, 0.3) is 22.3 Å². The monoisotopic (exact) mass is 1160 g/mol. The smallest absolute Gasteiger partial charge is 0.0995 e. The van der Waals surface area contributed by atoms with E-state index in [4.69, 9.17) is 20.0 Å². The number of nitrogens with zero attached hydrogens (tertiary/aromatic N) is 4. The fourth-order valence-corrected chi connectivity index (χ4v) is 12.2. The molecule has 88 heavy (non-hydrogen) atoms. The number of hydrogen-bond donors (Lipinski definition) is 2. The third kappa shape index (κ3) is 11.9. The van der Waals surface area contributed by atoms with E-state index in [0.717, 1.165) is 113 Å². The van der Waals surface area contributed by atoms with E-state index < -0.39 is 0 Å². The van der Waals surface area contributed by atoms with Crippen molar-refractivity contribution in [2.24, 2.45) is 20.0 Å². The fourth-order valence-electron chi connectivity index (χ4n) is 12.2. The van der Waals surface area contributed by atoms with Crippen molar-refractivity contribution in [2.75, 3.05) is 10.6 Å². The van der Waals surface area contributed by atoms with Crippen LogP contribution in [0, 0.1) is 0 Å². The Bertz CT molecular complexity index is 4080. The summed E-state index contributed by atoms with van der Waals surface area (Å²) in [5.74, 6) is 0. The van der Waals surface area contributed by atoms with Gasteiger partial charge in [-0.25, -0.2) is 20.0 Å². The lowest BCUT2D eigenvalue weighted by Crippen LogP contribution is -2.22. The van der Waals surface area contributed by atoms with Gasteiger partial charge in [-0.15, -0.1) is 0 Å². The van der Waals surface area contributed by atoms with Gasteiger partial charge in [0.15, 0.2) is 0 Å². The van der Waals surface area contributed by atoms with Crippen LogP contribution in [0.15, 0.2) is 188 Å². The normalized spacial score (nSPS) is 17.4. The second-order valence-electron chi connectivity index (χ2n) is 33.7. The van der Waals surface area contributed by atoms with Crippen molar-refractivity contribution in [2.45, 2.75) is 209 Å². The standard InChI is InChI=1S/C82H96N6/c1-75(2,3)51-35-47(36-52(43-51)76(4,5)6)67-61-29-30-62(83-61)68(48-37-53(77(7,8)9)44-54(38-48)78(10,11)12)64-32-34-66(85-64)70(50-41-57(81(19,20)21)46-58(42-50)82(22,23)24)72-74-73(86-59-27-25-26-28-60(59)87-74)71(88-72)69(65-33-31-63(67)84-65)49-39-55(79(13,14)15)45-56(40-49)80(16,17)18/h25-46,86-87H,1-24H3. The SMILES string of the molecule is CC(C)(C)c1cc(C2=C3C=CC(=N3)C(c3cc(C(C)(C)C)cc(C(C)(C)C)c3)=C3C=CC(=N3)C(c3cc(C(C)(C)C)cc(C(C)(C)C)c3)=C3N=C(C4=C3Nc3ccccc3N4)C(c3cc(C(C)(C)C)cc(C(C)(C)C)c3)=C3C=CC2=N3)cc(C(C)(C)C)c1. The minimum Gasteiger partial charge on any atom is -0.350 e. The van der Waals surface area contributed by atoms with Crippen molar-refractivity contribution in [1.29, 1.82) is 0 Å². The topological polar surface area (TPSA) is 73.5 Å². The van der Waals surface area contributed by atoms with Gasteiger partial charge in [0.25, 0.3) is 0 Å². The molecule has 0 radical (unpaired) electrons. The van der Waals surface area contributed by atoms with Crippen LogP contribution in [0.2, 0.25) is 0 Å². The molecule has 6 nitrogen and oxygen atoms in total. The second-order valence-corrected chi connectivity index (χ2v) is 33.7. The highest BCUT2D eigenvalue weighted by Crippen LogP contribution is 2.48. The van der Waals surface area contributed by atoms with Gasteiger partial charge in [0.1, 0.15) is 0 Å². The zero-order valence-electron chi connectivity index (χ0n) is 57.5. The van der Waals surface area contributed by atoms with Crippen LogP contribution < -0.4 is 10.6 Å². The van der Waals surface area contributed by atoms with E-state index in [1.165, 1.54) is 44.5 Å². The summed E-state index contributed by atoms with van der Waals surface area (Å²) in [4.78, 5) is 24.0. The van der Waals surface area contributed by atoms with Crippen LogP contribution >= 0.6 is 0 Å². The second kappa shape index (κ2) is 21.0. The van der Waals surface area contributed by atoms with Gasteiger partial charge in [0.05, 0.1) is 68.4 Å². The molecule has 8 bridgehead atoms. The number of hydrogen-bond acceptors (Lipinski definition) is 6. The van der Waals surface area contributed by atoms with Gasteiger partial charge in [-0.05, 0) is 159 Å². The summed E-state index contributed by atoms with van der Waals surface area (Å²) >= 11 is 0. The molecule has 0 saturated heterocycles. The van der Waals surface area contributed by atoms with Crippen molar-refractivity contribution < 1.29 is 0 Å². The molecule has 0 spiro atoms. The number of allylic oxidation sites excluding steroid dienone is 10. The summed E-state index contributed by atoms with van der Waals surface area (Å²) in [6, 6.07) is 37.3. The molecule has 454 valence electrons. The zero-order valence-corrected chi connectivity index (χ0v) is 57.5. The Morgan fingerprint density at radius 2 is 0.511 bits per heavy atom. The number of nitrogens with one attached hydrogen (secondary N) is 2. The maximum absolute atomic E-state index is 6.17. The van der Waals surface area contributed by atoms with Gasteiger partial charge in [-0.3, -0.25) is 0 Å². The number of aliphatic imine (C=N–C) groups is 4. The molecule has 2 N–H and O–H groups in total. The predicted molar refractivity (Wildman–Crippen MR) is 381 cm³/mol. The van der Waals surface area contributed by atoms with E-state index in [1.54, 1.807) is 0 Å². The number of anilines is 2. The lowest BCUT2D eigenvalue weighted by atomic mass is 9.78. The van der Waals surface area contributed by atoms with E-state index in [0.29, 0.717) is 0 Å². The van der Waals surface area contributed by atoms with Crippen molar-refractivity contribution in [3.63, 3.8) is 0 Å². The summed E-state index contributed by atoms with van der Waals surface area (Å²) in [5, 5.41) is 8.08. The van der Waals surface area contributed by atoms with E-state index >= 15 is 0 Å². The van der Waals surface area contributed by atoms with Crippen LogP contribution in [0.1, 0.15) is 233 Å². The molecular formula is C82H96N6. The highest BCUT2D eigenvalue weighted by atomic mass is 15.1. The first-order valence-electron chi connectivity index (χ1n) is 32.0. The van der Waals surface area contributed by atoms with Crippen molar-refractivity contribution in [3.8, 4) is 0 Å². The summed E-state index contributed by atoms with van der Waals surface area (Å²) in [6.07, 6.45) is 13.4. The molecule has 0 fully saturated rings. The molecule has 0 aromatic heterocycles. The van der Waals surface area contributed by atoms with Gasteiger partial charge < -0.3 is 10.6 Å². The van der Waals surface area contributed by atoms with E-state index in [2.05, 4.69) is 310 Å². The summed E-state index contributed by atoms with van der Waals surface area (Å²) in [5.41, 5.74) is 27.3. The van der Waals surface area contributed by atoms with E-state index in [9.17, 15) is 0 Å². The molecule has 6 heterocycles. The molecule has 0 amide bonds. The number of rotatable bonds is 4. The number of para-hydroxylation sites is 2. The molecule has 0 atom stereocenters. The quantitative estimate of drug-likeness (QED) is 0.188. The lowest BCUT2D eigenvalue weighted by molar-refractivity contribution is 0.567. The van der Waals surface area contributed by atoms with E-state index in [-0.39, 0.29) is 43.3 Å². The number of fused-ring (bicyclic) bond motifs is 7. The third-order valence-corrected chi connectivity index (χ3v) is 18.1. The van der Waals surface area contributed by atoms with Crippen LogP contribution in [0.4, 0.5) is 11.4 Å². The van der Waals surface area contributed by atoms with E-state index in [1.807, 2.05) is 0 Å². The number of benzene rings is 5. The Morgan fingerprint density at radius 3 is 0.807 bits per heavy atom. The molecular weight excluding hydrogens is 1070 g/mol. The van der Waals surface area contributed by atoms with Gasteiger partial charge in [0, 0.05) is 22.3 Å². The minimum absolute atomic E-state index is 0.142. The lowest BCUT2D eigenvalue weighted by Gasteiger charge is -2.28. The van der Waals surface area contributed by atoms with Crippen molar-refractivity contribution >= 4 is 56.5 Å². The summed E-state index contributed by atoms with van der Waals surface area (Å²) in [6.45, 7) is 55.6. The van der Waals surface area contributed by atoms with Crippen LogP contribution in [0.5, 0.6) is 0 Å². The largest absolute Gasteiger partial charge is 0.350 e. The van der Waals surface area contributed by atoms with Crippen molar-refractivity contribution in [3.05, 3.63) is 234 Å². The third-order valence-electron chi connectivity index (χ3n) is 18.1. The summed E-state index contributed by atoms with van der Waals surface area (Å²) < 4.78 is 0. The molecule has 0 aliphatic carbocycles. The molecule has 6 aliphatic heterocycles. The molecule has 6 aliphatic rings. The fraction of sp³-hybridized carbons (Fsp3) is 0.390. The molecule has 6 heteroatoms. The van der Waals surface area contributed by atoms with Gasteiger partial charge in [-0.1, -0.05) is 251 Å².